The molecule has 1 aromatic carbocycles. The Bertz CT molecular complexity index is 671. The highest BCUT2D eigenvalue weighted by Crippen LogP contribution is 2.24. The zero-order valence-corrected chi connectivity index (χ0v) is 17.3. The first-order valence-corrected chi connectivity index (χ1v) is 12.0. The standard InChI is InChI=1S/C18H28N2O5S2/c1-27(21,22)25-17-2-4-18(5-3-17)26-15-16(20-8-12-24-13-9-20)14-19-6-10-23-11-7-19/h2-5,16H,6-15H2,1H3. The van der Waals surface area contributed by atoms with Crippen LogP contribution in [0.15, 0.2) is 29.2 Å². The predicted molar refractivity (Wildman–Crippen MR) is 106 cm³/mol. The minimum absolute atomic E-state index is 0.347. The molecule has 2 heterocycles. The average molecular weight is 417 g/mol. The van der Waals surface area contributed by atoms with E-state index >= 15 is 0 Å². The molecule has 0 aliphatic carbocycles. The zero-order chi connectivity index (χ0) is 19.1. The molecule has 7 nitrogen and oxygen atoms in total. The normalized spacial score (nSPS) is 21.1. The third kappa shape index (κ3) is 7.24. The lowest BCUT2D eigenvalue weighted by atomic mass is 10.2. The molecule has 1 atom stereocenters. The summed E-state index contributed by atoms with van der Waals surface area (Å²) in [7, 11) is -3.49. The Labute approximate surface area is 166 Å². The van der Waals surface area contributed by atoms with Gasteiger partial charge < -0.3 is 13.7 Å². The van der Waals surface area contributed by atoms with Gasteiger partial charge in [0.1, 0.15) is 5.75 Å². The summed E-state index contributed by atoms with van der Waals surface area (Å²) in [6.45, 7) is 8.16. The Morgan fingerprint density at radius 1 is 1.04 bits per heavy atom. The Hall–Kier alpha value is -0.840. The van der Waals surface area contributed by atoms with Gasteiger partial charge in [-0.1, -0.05) is 0 Å². The van der Waals surface area contributed by atoms with Crippen molar-refractivity contribution < 1.29 is 22.1 Å². The van der Waals surface area contributed by atoms with E-state index in [9.17, 15) is 8.42 Å². The molecule has 0 spiro atoms. The fraction of sp³-hybridized carbons (Fsp3) is 0.667. The molecule has 0 aromatic heterocycles. The summed E-state index contributed by atoms with van der Waals surface area (Å²) in [5.41, 5.74) is 0. The molecule has 1 unspecified atom stereocenters. The summed E-state index contributed by atoms with van der Waals surface area (Å²) in [5.74, 6) is 1.32. The van der Waals surface area contributed by atoms with Crippen molar-refractivity contribution in [3.63, 3.8) is 0 Å². The number of benzene rings is 1. The van der Waals surface area contributed by atoms with E-state index in [2.05, 4.69) is 9.80 Å². The fourth-order valence-corrected chi connectivity index (χ4v) is 4.75. The van der Waals surface area contributed by atoms with E-state index in [0.29, 0.717) is 11.8 Å². The summed E-state index contributed by atoms with van der Waals surface area (Å²) in [6.07, 6.45) is 1.05. The molecule has 0 amide bonds. The van der Waals surface area contributed by atoms with Crippen molar-refractivity contribution in [2.45, 2.75) is 10.9 Å². The molecule has 9 heteroatoms. The molecule has 0 N–H and O–H groups in total. The van der Waals surface area contributed by atoms with E-state index in [1.54, 1.807) is 23.9 Å². The molecule has 1 aromatic rings. The Morgan fingerprint density at radius 3 is 2.22 bits per heavy atom. The van der Waals surface area contributed by atoms with Gasteiger partial charge in [-0.05, 0) is 24.3 Å². The van der Waals surface area contributed by atoms with Crippen LogP contribution in [0.3, 0.4) is 0 Å². The predicted octanol–water partition coefficient (Wildman–Crippen LogP) is 1.15. The van der Waals surface area contributed by atoms with Gasteiger partial charge in [-0.3, -0.25) is 9.80 Å². The van der Waals surface area contributed by atoms with E-state index in [0.717, 1.165) is 76.1 Å². The lowest BCUT2D eigenvalue weighted by molar-refractivity contribution is -0.00428. The maximum Gasteiger partial charge on any atom is 0.306 e. The van der Waals surface area contributed by atoms with Crippen LogP contribution in [0.25, 0.3) is 0 Å². The van der Waals surface area contributed by atoms with Crippen molar-refractivity contribution in [1.82, 2.24) is 9.80 Å². The molecule has 0 radical (unpaired) electrons. The molecule has 27 heavy (non-hydrogen) atoms. The zero-order valence-electron chi connectivity index (χ0n) is 15.7. The van der Waals surface area contributed by atoms with Gasteiger partial charge in [-0.15, -0.1) is 11.8 Å². The van der Waals surface area contributed by atoms with E-state index < -0.39 is 10.1 Å². The molecule has 2 aliphatic rings. The van der Waals surface area contributed by atoms with Crippen LogP contribution in [0.2, 0.25) is 0 Å². The highest BCUT2D eigenvalue weighted by Gasteiger charge is 2.24. The van der Waals surface area contributed by atoms with E-state index in [-0.39, 0.29) is 0 Å². The van der Waals surface area contributed by atoms with Crippen molar-refractivity contribution in [3.05, 3.63) is 24.3 Å². The maximum atomic E-state index is 11.2. The third-order valence-corrected chi connectivity index (χ3v) is 6.30. The quantitative estimate of drug-likeness (QED) is 0.462. The monoisotopic (exact) mass is 416 g/mol. The van der Waals surface area contributed by atoms with Crippen molar-refractivity contribution in [2.24, 2.45) is 0 Å². The summed E-state index contributed by atoms with van der Waals surface area (Å²) in [6, 6.07) is 7.68. The van der Waals surface area contributed by atoms with Gasteiger partial charge in [0, 0.05) is 49.4 Å². The number of thioether (sulfide) groups is 1. The molecule has 2 aliphatic heterocycles. The van der Waals surface area contributed by atoms with Crippen molar-refractivity contribution in [2.75, 3.05) is 71.2 Å². The van der Waals surface area contributed by atoms with Crippen LogP contribution in [0, 0.1) is 0 Å². The highest BCUT2D eigenvalue weighted by atomic mass is 32.2. The van der Waals surface area contributed by atoms with Gasteiger partial charge >= 0.3 is 10.1 Å². The maximum absolute atomic E-state index is 11.2. The van der Waals surface area contributed by atoms with Gasteiger partial charge in [0.15, 0.2) is 0 Å². The molecular weight excluding hydrogens is 388 g/mol. The second kappa shape index (κ2) is 10.1. The summed E-state index contributed by atoms with van der Waals surface area (Å²) < 4.78 is 38.3. The molecule has 3 rings (SSSR count). The Balaban J connectivity index is 1.57. The summed E-state index contributed by atoms with van der Waals surface area (Å²) in [4.78, 5) is 6.11. The first-order valence-electron chi connectivity index (χ1n) is 9.24. The lowest BCUT2D eigenvalue weighted by Crippen LogP contribution is -2.51. The summed E-state index contributed by atoms with van der Waals surface area (Å²) in [5, 5.41) is 0. The molecule has 152 valence electrons. The number of nitrogens with zero attached hydrogens (tertiary/aromatic N) is 2. The fourth-order valence-electron chi connectivity index (χ4n) is 3.26. The minimum atomic E-state index is -3.49. The van der Waals surface area contributed by atoms with Gasteiger partial charge in [0.2, 0.25) is 0 Å². The topological polar surface area (TPSA) is 68.3 Å². The lowest BCUT2D eigenvalue weighted by Gasteiger charge is -2.38. The van der Waals surface area contributed by atoms with Crippen LogP contribution < -0.4 is 4.18 Å². The molecule has 2 fully saturated rings. The highest BCUT2D eigenvalue weighted by molar-refractivity contribution is 7.99. The van der Waals surface area contributed by atoms with Gasteiger partial charge in [-0.25, -0.2) is 0 Å². The average Bonchev–Trinajstić information content (AvgIpc) is 2.66. The van der Waals surface area contributed by atoms with Gasteiger partial charge in [0.05, 0.1) is 32.7 Å². The minimum Gasteiger partial charge on any atom is -0.383 e. The van der Waals surface area contributed by atoms with Gasteiger partial charge in [-0.2, -0.15) is 8.42 Å². The molecular formula is C18H28N2O5S2. The van der Waals surface area contributed by atoms with Crippen LogP contribution >= 0.6 is 11.8 Å². The van der Waals surface area contributed by atoms with Crippen LogP contribution in [0.4, 0.5) is 0 Å². The molecule has 2 saturated heterocycles. The van der Waals surface area contributed by atoms with Crippen molar-refractivity contribution in [1.29, 1.82) is 0 Å². The third-order valence-electron chi connectivity index (χ3n) is 4.65. The van der Waals surface area contributed by atoms with Crippen LogP contribution in [0.1, 0.15) is 0 Å². The SMILES string of the molecule is CS(=O)(=O)Oc1ccc(SCC(CN2CCOCC2)N2CCOCC2)cc1. The van der Waals surface area contributed by atoms with Crippen LogP contribution in [-0.2, 0) is 19.6 Å². The number of hydrogen-bond acceptors (Lipinski definition) is 8. The van der Waals surface area contributed by atoms with E-state index in [1.807, 2.05) is 12.1 Å². The van der Waals surface area contributed by atoms with Crippen LogP contribution in [-0.4, -0.2) is 95.4 Å². The smallest absolute Gasteiger partial charge is 0.306 e. The second-order valence-electron chi connectivity index (χ2n) is 6.79. The van der Waals surface area contributed by atoms with Gasteiger partial charge in [0.25, 0.3) is 0 Å². The summed E-state index contributed by atoms with van der Waals surface area (Å²) >= 11 is 1.79. The largest absolute Gasteiger partial charge is 0.383 e. The number of hydrogen-bond donors (Lipinski definition) is 0. The van der Waals surface area contributed by atoms with Crippen molar-refractivity contribution >= 4 is 21.9 Å². The number of ether oxygens (including phenoxy) is 2. The number of rotatable bonds is 8. The Morgan fingerprint density at radius 2 is 1.63 bits per heavy atom. The molecule has 0 bridgehead atoms. The van der Waals surface area contributed by atoms with Crippen molar-refractivity contribution in [3.8, 4) is 5.75 Å². The molecule has 0 saturated carbocycles. The van der Waals surface area contributed by atoms with Crippen LogP contribution in [0.5, 0.6) is 5.75 Å². The Kier molecular flexibility index (Phi) is 7.80. The van der Waals surface area contributed by atoms with E-state index in [1.165, 1.54) is 0 Å². The first kappa shape index (κ1) is 20.9. The van der Waals surface area contributed by atoms with E-state index in [4.69, 9.17) is 13.7 Å². The number of morpholine rings is 2. The second-order valence-corrected chi connectivity index (χ2v) is 9.45. The first-order chi connectivity index (χ1) is 13.0.